The zero-order valence-corrected chi connectivity index (χ0v) is 37.2. The van der Waals surface area contributed by atoms with Gasteiger partial charge in [0.25, 0.3) is 0 Å². The number of benzene rings is 2. The monoisotopic (exact) mass is 904 g/mol. The molecule has 64 heavy (non-hydrogen) atoms. The van der Waals surface area contributed by atoms with E-state index in [0.717, 1.165) is 58.7 Å². The molecule has 0 saturated heterocycles. The third-order valence-electron chi connectivity index (χ3n) is 10.5. The van der Waals surface area contributed by atoms with Gasteiger partial charge in [0.1, 0.15) is 39.7 Å². The second-order valence-electron chi connectivity index (χ2n) is 16.5. The fraction of sp³-hybridized carbons (Fsp3) is 0.298. The van der Waals surface area contributed by atoms with Crippen molar-refractivity contribution in [3.63, 3.8) is 0 Å². The summed E-state index contributed by atoms with van der Waals surface area (Å²) >= 11 is 2.71. The summed E-state index contributed by atoms with van der Waals surface area (Å²) in [7, 11) is 0. The molecule has 0 radical (unpaired) electrons. The van der Waals surface area contributed by atoms with Gasteiger partial charge in [-0.15, -0.1) is 22.7 Å². The molecule has 0 saturated carbocycles. The summed E-state index contributed by atoms with van der Waals surface area (Å²) in [6.45, 7) is 6.03. The van der Waals surface area contributed by atoms with Crippen LogP contribution in [-0.2, 0) is 65.9 Å². The van der Waals surface area contributed by atoms with E-state index in [1.807, 2.05) is 43.7 Å². The summed E-state index contributed by atoms with van der Waals surface area (Å²) in [5.74, 6) is 1.66. The summed E-state index contributed by atoms with van der Waals surface area (Å²) in [5.41, 5.74) is 20.8. The number of nitrogens with one attached hydrogen (secondary N) is 2. The Morgan fingerprint density at radius 1 is 0.766 bits per heavy atom. The number of carboxylic acids is 1. The Hall–Kier alpha value is -6.69. The van der Waals surface area contributed by atoms with Gasteiger partial charge in [0.2, 0.25) is 5.91 Å². The third-order valence-corrected chi connectivity index (χ3v) is 12.0. The summed E-state index contributed by atoms with van der Waals surface area (Å²) < 4.78 is 27.4. The number of hydrogen-bond donors (Lipinski definition) is 5. The number of carbonyl (C=O) groups is 3. The van der Waals surface area contributed by atoms with Gasteiger partial charge in [-0.1, -0.05) is 0 Å². The maximum absolute atomic E-state index is 12.5. The molecule has 15 nitrogen and oxygen atoms in total. The Bertz CT molecular complexity index is 2940. The molecular formula is C47H48N6O9S2. The fourth-order valence-electron chi connectivity index (χ4n) is 7.62. The average Bonchev–Trinajstić information content (AvgIpc) is 4.10. The lowest BCUT2D eigenvalue weighted by Gasteiger charge is -2.19. The van der Waals surface area contributed by atoms with Gasteiger partial charge in [0.15, 0.2) is 21.8 Å². The molecule has 332 valence electrons. The number of amides is 2. The van der Waals surface area contributed by atoms with E-state index in [9.17, 15) is 14.4 Å². The lowest BCUT2D eigenvalue weighted by molar-refractivity contribution is -0.136. The third kappa shape index (κ3) is 10.7. The van der Waals surface area contributed by atoms with E-state index in [0.29, 0.717) is 51.2 Å². The quantitative estimate of drug-likeness (QED) is 0.0860. The van der Waals surface area contributed by atoms with E-state index < -0.39 is 17.7 Å². The van der Waals surface area contributed by atoms with Gasteiger partial charge >= 0.3 is 12.1 Å². The van der Waals surface area contributed by atoms with Crippen LogP contribution in [-0.4, -0.2) is 38.6 Å². The van der Waals surface area contributed by atoms with Crippen molar-refractivity contribution in [3.8, 4) is 22.9 Å². The van der Waals surface area contributed by atoms with Crippen LogP contribution in [0.5, 0.6) is 0 Å². The number of nitrogens with zero attached hydrogens (tertiary/aromatic N) is 2. The predicted molar refractivity (Wildman–Crippen MR) is 245 cm³/mol. The number of anilines is 2. The number of nitrogen functional groups attached to an aromatic ring is 1. The molecule has 0 bridgehead atoms. The lowest BCUT2D eigenvalue weighted by Crippen LogP contribution is -2.32. The number of carbonyl (C=O) groups excluding carboxylic acids is 2. The maximum Gasteiger partial charge on any atom is 0.408 e. The number of nitrogens with two attached hydrogens (primary N) is 2. The molecule has 0 atom stereocenters. The van der Waals surface area contributed by atoms with E-state index in [-0.39, 0.29) is 25.3 Å². The molecule has 7 N–H and O–H groups in total. The van der Waals surface area contributed by atoms with Crippen LogP contribution in [0.1, 0.15) is 78.5 Å². The molecular weight excluding hydrogens is 857 g/mol. The van der Waals surface area contributed by atoms with Crippen molar-refractivity contribution in [2.75, 3.05) is 11.1 Å². The molecule has 6 aromatic heterocycles. The van der Waals surface area contributed by atoms with Crippen LogP contribution in [0.2, 0.25) is 0 Å². The highest BCUT2D eigenvalue weighted by Crippen LogP contribution is 2.33. The number of aliphatic carboxylic acids is 1. The maximum atomic E-state index is 12.5. The molecule has 2 aromatic carbocycles. The summed E-state index contributed by atoms with van der Waals surface area (Å²) in [5, 5.41) is 21.0. The van der Waals surface area contributed by atoms with Gasteiger partial charge < -0.3 is 49.6 Å². The first-order valence-electron chi connectivity index (χ1n) is 20.8. The molecule has 8 aromatic rings. The van der Waals surface area contributed by atoms with E-state index in [2.05, 4.69) is 44.9 Å². The van der Waals surface area contributed by atoms with Crippen LogP contribution in [0.15, 0.2) is 89.5 Å². The highest BCUT2D eigenvalue weighted by molar-refractivity contribution is 7.14. The second-order valence-corrected chi connectivity index (χ2v) is 18.2. The number of carboxylic acid groups (broad SMARTS) is 1. The van der Waals surface area contributed by atoms with Crippen molar-refractivity contribution in [2.24, 2.45) is 5.73 Å². The molecule has 2 aliphatic rings. The van der Waals surface area contributed by atoms with Crippen LogP contribution >= 0.6 is 22.7 Å². The number of furan rings is 4. The number of aromatic nitrogens is 2. The highest BCUT2D eigenvalue weighted by atomic mass is 32.1. The van der Waals surface area contributed by atoms with E-state index in [4.69, 9.17) is 39.0 Å². The van der Waals surface area contributed by atoms with Crippen molar-refractivity contribution >= 4 is 72.8 Å². The number of hydrogen-bond acceptors (Lipinski definition) is 14. The van der Waals surface area contributed by atoms with Crippen LogP contribution in [0.4, 0.5) is 15.1 Å². The number of thiazole rings is 2. The number of aryl methyl sites for hydroxylation is 4. The zero-order valence-electron chi connectivity index (χ0n) is 35.6. The SMILES string of the molecule is CC(C)(C)OC(=O)NCc1ccc(-c2csc(N)n2)o1.NCc1ccc(-c2csc(NC(=O)Cc3coc4cc5c(cc34)CCC5)n2)o1.O=C(O)Cc1coc2cc3c(cc12)CCC3. The van der Waals surface area contributed by atoms with Crippen LogP contribution in [0.3, 0.4) is 0 Å². The topological polar surface area (TPSA) is 235 Å². The normalized spacial score (nSPS) is 12.9. The smallest absolute Gasteiger partial charge is 0.408 e. The molecule has 0 spiro atoms. The molecule has 2 aliphatic carbocycles. The van der Waals surface area contributed by atoms with Crippen molar-refractivity contribution in [1.82, 2.24) is 15.3 Å². The van der Waals surface area contributed by atoms with Gasteiger partial charge in [-0.05, 0) is 130 Å². The standard InChI is InChI=1S/C21H19N3O3S.C13H17N3O3S.C13H12O3/c22-9-15-4-5-18(27-15)17-11-28-21(23-17)24-20(25)8-14-10-26-19-7-13-3-1-2-12(13)6-16(14)19;1-13(2,3)19-12(17)15-6-8-4-5-10(18-8)9-7-20-11(14)16-9;14-13(15)6-10-7-16-12-5-9-3-1-2-8(9)4-11(10)12/h4-7,10-11H,1-3,8-9,22H2,(H,23,24,25);4-5,7H,6H2,1-3H3,(H2,14,16)(H,15,17);4-5,7H,1-3,6H2,(H,14,15). The fourth-order valence-corrected chi connectivity index (χ4v) is 8.89. The minimum absolute atomic E-state index is 0.0335. The largest absolute Gasteiger partial charge is 0.481 e. The molecule has 0 aliphatic heterocycles. The van der Waals surface area contributed by atoms with E-state index in [1.165, 1.54) is 57.8 Å². The average molecular weight is 905 g/mol. The Labute approximate surface area is 375 Å². The highest BCUT2D eigenvalue weighted by Gasteiger charge is 2.20. The zero-order chi connectivity index (χ0) is 45.0. The molecule has 6 heterocycles. The summed E-state index contributed by atoms with van der Waals surface area (Å²) in [4.78, 5) is 43.3. The van der Waals surface area contributed by atoms with Gasteiger partial charge in [0, 0.05) is 32.7 Å². The first kappa shape index (κ1) is 43.9. The van der Waals surface area contributed by atoms with E-state index >= 15 is 0 Å². The van der Waals surface area contributed by atoms with Crippen molar-refractivity contribution in [1.29, 1.82) is 0 Å². The number of ether oxygens (including phenoxy) is 1. The minimum Gasteiger partial charge on any atom is -0.481 e. The molecule has 2 amide bonds. The van der Waals surface area contributed by atoms with E-state index in [1.54, 1.807) is 24.7 Å². The van der Waals surface area contributed by atoms with Crippen LogP contribution in [0, 0.1) is 0 Å². The molecule has 0 fully saturated rings. The van der Waals surface area contributed by atoms with Crippen LogP contribution < -0.4 is 22.1 Å². The first-order valence-corrected chi connectivity index (χ1v) is 22.6. The van der Waals surface area contributed by atoms with Crippen molar-refractivity contribution in [2.45, 2.75) is 90.8 Å². The lowest BCUT2D eigenvalue weighted by atomic mass is 10.0. The minimum atomic E-state index is -0.816. The summed E-state index contributed by atoms with van der Waals surface area (Å²) in [6.07, 6.45) is 9.85. The predicted octanol–water partition coefficient (Wildman–Crippen LogP) is 9.84. The molecule has 10 rings (SSSR count). The van der Waals surface area contributed by atoms with Gasteiger partial charge in [0.05, 0.1) is 38.5 Å². The van der Waals surface area contributed by atoms with Gasteiger partial charge in [-0.25, -0.2) is 14.8 Å². The Morgan fingerprint density at radius 2 is 1.31 bits per heavy atom. The van der Waals surface area contributed by atoms with Crippen molar-refractivity contribution in [3.05, 3.63) is 117 Å². The molecule has 0 unspecified atom stereocenters. The Balaban J connectivity index is 0.000000137. The second kappa shape index (κ2) is 19.0. The summed E-state index contributed by atoms with van der Waals surface area (Å²) in [6, 6.07) is 15.7. The Morgan fingerprint density at radius 3 is 1.86 bits per heavy atom. The number of rotatable bonds is 10. The van der Waals surface area contributed by atoms with Gasteiger partial charge in [-0.2, -0.15) is 0 Å². The van der Waals surface area contributed by atoms with Crippen LogP contribution in [0.25, 0.3) is 44.8 Å². The first-order chi connectivity index (χ1) is 30.8. The Kier molecular flexibility index (Phi) is 13.0. The number of fused-ring (bicyclic) bond motifs is 4. The number of alkyl carbamates (subject to hydrolysis) is 1. The van der Waals surface area contributed by atoms with Gasteiger partial charge in [-0.3, -0.25) is 9.59 Å². The van der Waals surface area contributed by atoms with Crippen molar-refractivity contribution < 1.29 is 41.9 Å². The molecule has 17 heteroatoms.